The third kappa shape index (κ3) is 3.95. The lowest BCUT2D eigenvalue weighted by Crippen LogP contribution is -2.60. The maximum absolute atomic E-state index is 13.6. The predicted octanol–water partition coefficient (Wildman–Crippen LogP) is 2.89. The number of rotatable bonds is 3. The highest BCUT2D eigenvalue weighted by Crippen LogP contribution is 2.37. The second-order valence-corrected chi connectivity index (χ2v) is 8.00. The van der Waals surface area contributed by atoms with Crippen LogP contribution in [0.4, 0.5) is 4.39 Å². The zero-order chi connectivity index (χ0) is 22.1. The van der Waals surface area contributed by atoms with E-state index in [1.165, 1.54) is 12.1 Å². The molecule has 2 aromatic carbocycles. The Balaban J connectivity index is 1.81. The number of carbonyl (C=O) groups excluding carboxylic acids is 2. The van der Waals surface area contributed by atoms with Gasteiger partial charge in [0.1, 0.15) is 17.7 Å². The Hall–Kier alpha value is -3.48. The number of aryl methyl sites for hydroxylation is 1. The highest BCUT2D eigenvalue weighted by molar-refractivity contribution is 6.15. The monoisotopic (exact) mass is 420 g/mol. The number of nitrogens with zero attached hydrogens (tertiary/aromatic N) is 2. The zero-order valence-corrected chi connectivity index (χ0v) is 17.6. The summed E-state index contributed by atoms with van der Waals surface area (Å²) >= 11 is 0. The Bertz CT molecular complexity index is 1090. The number of halogens is 1. The Kier molecular flexibility index (Phi) is 5.59. The molecule has 2 aliphatic rings. The van der Waals surface area contributed by atoms with Crippen molar-refractivity contribution in [2.24, 2.45) is 10.7 Å². The lowest BCUT2D eigenvalue weighted by atomic mass is 9.78. The average Bonchev–Trinajstić information content (AvgIpc) is 2.76. The van der Waals surface area contributed by atoms with Crippen LogP contribution in [0.5, 0.6) is 0 Å². The lowest BCUT2D eigenvalue weighted by molar-refractivity contribution is -0.130. The van der Waals surface area contributed by atoms with Crippen molar-refractivity contribution in [3.05, 3.63) is 82.3 Å². The van der Waals surface area contributed by atoms with Gasteiger partial charge in [-0.15, -0.1) is 0 Å². The minimum Gasteiger partial charge on any atom is -0.402 e. The first-order valence-electron chi connectivity index (χ1n) is 10.3. The third-order valence-corrected chi connectivity index (χ3v) is 5.70. The highest BCUT2D eigenvalue weighted by Gasteiger charge is 2.46. The second kappa shape index (κ2) is 8.34. The molecule has 0 bridgehead atoms. The fourth-order valence-electron chi connectivity index (χ4n) is 4.27. The van der Waals surface area contributed by atoms with Gasteiger partial charge >= 0.3 is 0 Å². The molecule has 0 unspecified atom stereocenters. The molecule has 7 heteroatoms. The van der Waals surface area contributed by atoms with Crippen LogP contribution in [-0.2, 0) is 4.79 Å². The minimum atomic E-state index is -0.885. The number of hydrogen-bond acceptors (Lipinski definition) is 4. The van der Waals surface area contributed by atoms with Crippen LogP contribution < -0.4 is 11.1 Å². The standard InChI is InChI=1S/C24H25FN4O2/c1-14-5-3-6-17(13-14)23(30)28-21-20(16-7-9-18(25)10-8-16)19(15(2)26)22-27-11-4-12-29(22)24(21)31/h3,5-10,13,20-21H,4,11-12,26H2,1-2H3,(H,28,30)/b19-15-/t20-,21-/m0/s1. The molecule has 0 radical (unpaired) electrons. The summed E-state index contributed by atoms with van der Waals surface area (Å²) in [5, 5.41) is 2.92. The maximum atomic E-state index is 13.6. The summed E-state index contributed by atoms with van der Waals surface area (Å²) < 4.78 is 13.6. The molecule has 1 fully saturated rings. The summed E-state index contributed by atoms with van der Waals surface area (Å²) in [6, 6.07) is 12.2. The molecule has 0 spiro atoms. The van der Waals surface area contributed by atoms with E-state index < -0.39 is 12.0 Å². The molecular formula is C24H25FN4O2. The van der Waals surface area contributed by atoms with E-state index >= 15 is 0 Å². The largest absolute Gasteiger partial charge is 0.402 e. The summed E-state index contributed by atoms with van der Waals surface area (Å²) in [4.78, 5) is 32.7. The van der Waals surface area contributed by atoms with Crippen LogP contribution in [0.2, 0.25) is 0 Å². The van der Waals surface area contributed by atoms with E-state index in [9.17, 15) is 14.0 Å². The number of aliphatic imine (C=N–C) groups is 1. The van der Waals surface area contributed by atoms with Gasteiger partial charge in [0.2, 0.25) is 0 Å². The van der Waals surface area contributed by atoms with Crippen LogP contribution in [-0.4, -0.2) is 41.7 Å². The van der Waals surface area contributed by atoms with Gasteiger partial charge in [-0.1, -0.05) is 29.8 Å². The van der Waals surface area contributed by atoms with Crippen molar-refractivity contribution >= 4 is 17.6 Å². The molecule has 31 heavy (non-hydrogen) atoms. The SMILES string of the molecule is C/C(N)=C1/C2=NCCCN2C(=O)[C@@H](NC(=O)c2cccc(C)c2)[C@H]1c1ccc(F)cc1. The molecule has 2 aromatic rings. The number of amides is 2. The molecule has 1 saturated heterocycles. The Morgan fingerprint density at radius 2 is 1.97 bits per heavy atom. The van der Waals surface area contributed by atoms with Crippen molar-refractivity contribution < 1.29 is 14.0 Å². The van der Waals surface area contributed by atoms with Gasteiger partial charge in [0.25, 0.3) is 11.8 Å². The Morgan fingerprint density at radius 1 is 1.23 bits per heavy atom. The molecular weight excluding hydrogens is 395 g/mol. The molecule has 0 aromatic heterocycles. The molecule has 3 N–H and O–H groups in total. The predicted molar refractivity (Wildman–Crippen MR) is 117 cm³/mol. The van der Waals surface area contributed by atoms with Crippen LogP contribution >= 0.6 is 0 Å². The smallest absolute Gasteiger partial charge is 0.251 e. The number of fused-ring (bicyclic) bond motifs is 1. The first-order chi connectivity index (χ1) is 14.9. The van der Waals surface area contributed by atoms with E-state index in [0.29, 0.717) is 41.3 Å². The zero-order valence-electron chi connectivity index (χ0n) is 17.6. The van der Waals surface area contributed by atoms with Crippen LogP contribution in [0.1, 0.15) is 40.7 Å². The van der Waals surface area contributed by atoms with Crippen LogP contribution in [0, 0.1) is 12.7 Å². The number of nitrogens with one attached hydrogen (secondary N) is 1. The molecule has 160 valence electrons. The molecule has 6 nitrogen and oxygen atoms in total. The fourth-order valence-corrected chi connectivity index (χ4v) is 4.27. The maximum Gasteiger partial charge on any atom is 0.251 e. The molecule has 0 saturated carbocycles. The van der Waals surface area contributed by atoms with Gasteiger partial charge in [-0.3, -0.25) is 19.5 Å². The van der Waals surface area contributed by atoms with Crippen LogP contribution in [0.15, 0.2) is 64.8 Å². The van der Waals surface area contributed by atoms with E-state index in [1.54, 1.807) is 42.2 Å². The molecule has 2 atom stereocenters. The number of nitrogens with two attached hydrogens (primary N) is 1. The number of hydrogen-bond donors (Lipinski definition) is 2. The van der Waals surface area contributed by atoms with E-state index in [4.69, 9.17) is 5.73 Å². The van der Waals surface area contributed by atoms with E-state index in [1.807, 2.05) is 13.0 Å². The normalized spacial score (nSPS) is 22.5. The van der Waals surface area contributed by atoms with Gasteiger partial charge in [0, 0.05) is 35.8 Å². The quantitative estimate of drug-likeness (QED) is 0.800. The van der Waals surface area contributed by atoms with Gasteiger partial charge in [-0.2, -0.15) is 0 Å². The number of amidine groups is 1. The van der Waals surface area contributed by atoms with Crippen molar-refractivity contribution in [3.8, 4) is 0 Å². The highest BCUT2D eigenvalue weighted by atomic mass is 19.1. The Morgan fingerprint density at radius 3 is 2.65 bits per heavy atom. The summed E-state index contributed by atoms with van der Waals surface area (Å²) in [6.45, 7) is 4.78. The van der Waals surface area contributed by atoms with Crippen molar-refractivity contribution in [2.75, 3.05) is 13.1 Å². The number of piperidine rings is 1. The molecule has 0 aliphatic carbocycles. The molecule has 2 amide bonds. The third-order valence-electron chi connectivity index (χ3n) is 5.70. The topological polar surface area (TPSA) is 87.8 Å². The van der Waals surface area contributed by atoms with E-state index in [2.05, 4.69) is 10.3 Å². The van der Waals surface area contributed by atoms with Crippen molar-refractivity contribution in [2.45, 2.75) is 32.2 Å². The summed E-state index contributed by atoms with van der Waals surface area (Å²) in [6.07, 6.45) is 0.742. The summed E-state index contributed by atoms with van der Waals surface area (Å²) in [7, 11) is 0. The fraction of sp³-hybridized carbons (Fsp3) is 0.292. The van der Waals surface area contributed by atoms with Gasteiger partial charge in [0.15, 0.2) is 0 Å². The average molecular weight is 420 g/mol. The van der Waals surface area contributed by atoms with Crippen LogP contribution in [0.25, 0.3) is 0 Å². The van der Waals surface area contributed by atoms with Crippen molar-refractivity contribution in [1.29, 1.82) is 0 Å². The van der Waals surface area contributed by atoms with Crippen LogP contribution in [0.3, 0.4) is 0 Å². The number of benzene rings is 2. The Labute approximate surface area is 180 Å². The van der Waals surface area contributed by atoms with E-state index in [0.717, 1.165) is 12.0 Å². The number of carbonyl (C=O) groups is 2. The second-order valence-electron chi connectivity index (χ2n) is 8.00. The molecule has 2 heterocycles. The van der Waals surface area contributed by atoms with Gasteiger partial charge < -0.3 is 11.1 Å². The molecule has 4 rings (SSSR count). The van der Waals surface area contributed by atoms with Crippen molar-refractivity contribution in [1.82, 2.24) is 10.2 Å². The first-order valence-corrected chi connectivity index (χ1v) is 10.3. The van der Waals surface area contributed by atoms with Gasteiger partial charge in [-0.25, -0.2) is 4.39 Å². The van der Waals surface area contributed by atoms with E-state index in [-0.39, 0.29) is 17.6 Å². The van der Waals surface area contributed by atoms with Gasteiger partial charge in [0.05, 0.1) is 0 Å². The minimum absolute atomic E-state index is 0.237. The summed E-state index contributed by atoms with van der Waals surface area (Å²) in [5.74, 6) is -0.983. The molecule has 2 aliphatic heterocycles. The summed E-state index contributed by atoms with van der Waals surface area (Å²) in [5.41, 5.74) is 9.59. The lowest BCUT2D eigenvalue weighted by Gasteiger charge is -2.42. The van der Waals surface area contributed by atoms with Gasteiger partial charge in [-0.05, 0) is 50.1 Å². The first kappa shape index (κ1) is 20.8. The van der Waals surface area contributed by atoms with Crippen molar-refractivity contribution in [3.63, 3.8) is 0 Å². The number of allylic oxidation sites excluding steroid dienone is 1.